The van der Waals surface area contributed by atoms with Gasteiger partial charge in [0.25, 0.3) is 0 Å². The number of hydrogen-bond donors (Lipinski definition) is 1. The molecule has 1 N–H and O–H groups in total. The van der Waals surface area contributed by atoms with Crippen LogP contribution in [-0.2, 0) is 16.6 Å². The van der Waals surface area contributed by atoms with Crippen molar-refractivity contribution in [3.05, 3.63) is 29.6 Å². The highest BCUT2D eigenvalue weighted by atomic mass is 32.2. The number of benzene rings is 1. The maximum atomic E-state index is 13.8. The second-order valence-electron chi connectivity index (χ2n) is 5.23. The molecule has 1 saturated carbocycles. The molecule has 1 aromatic rings. The number of nitrogens with zero attached hydrogens (tertiary/aromatic N) is 1. The van der Waals surface area contributed by atoms with Crippen LogP contribution in [0.1, 0.15) is 18.4 Å². The standard InChI is InChI=1S/C14H21FN2O2S2/c1-17(7-8-20-2)21(18,19)13-5-6-14(15)11(9-13)10-16-12-3-4-12/h5-6,9,12,16H,3-4,7-8,10H2,1-2H3. The monoisotopic (exact) mass is 332 g/mol. The molecule has 1 aliphatic carbocycles. The summed E-state index contributed by atoms with van der Waals surface area (Å²) < 4.78 is 39.9. The van der Waals surface area contributed by atoms with Crippen LogP contribution in [0.5, 0.6) is 0 Å². The van der Waals surface area contributed by atoms with E-state index in [1.165, 1.54) is 22.5 Å². The lowest BCUT2D eigenvalue weighted by Gasteiger charge is -2.17. The molecule has 7 heteroatoms. The normalized spacial score (nSPS) is 15.6. The Labute approximate surface area is 130 Å². The second-order valence-corrected chi connectivity index (χ2v) is 8.26. The Kier molecular flexibility index (Phi) is 5.65. The summed E-state index contributed by atoms with van der Waals surface area (Å²) in [7, 11) is -2.00. The van der Waals surface area contributed by atoms with Crippen LogP contribution in [0.15, 0.2) is 23.1 Å². The molecule has 118 valence electrons. The first kappa shape index (κ1) is 16.7. The van der Waals surface area contributed by atoms with Crippen molar-refractivity contribution in [1.29, 1.82) is 0 Å². The lowest BCUT2D eigenvalue weighted by atomic mass is 10.2. The SMILES string of the molecule is CSCCN(C)S(=O)(=O)c1ccc(F)c(CNC2CC2)c1. The van der Waals surface area contributed by atoms with Crippen molar-refractivity contribution in [3.63, 3.8) is 0 Å². The van der Waals surface area contributed by atoms with E-state index in [1.807, 2.05) is 6.26 Å². The first-order chi connectivity index (χ1) is 9.95. The predicted octanol–water partition coefficient (Wildman–Crippen LogP) is 2.06. The summed E-state index contributed by atoms with van der Waals surface area (Å²) >= 11 is 1.59. The molecule has 4 nitrogen and oxygen atoms in total. The molecular weight excluding hydrogens is 311 g/mol. The zero-order valence-electron chi connectivity index (χ0n) is 12.3. The summed E-state index contributed by atoms with van der Waals surface area (Å²) in [6.07, 6.45) is 4.15. The Bertz CT molecular complexity index is 589. The Morgan fingerprint density at radius 3 is 2.76 bits per heavy atom. The molecule has 0 spiro atoms. The van der Waals surface area contributed by atoms with Crippen LogP contribution in [0.2, 0.25) is 0 Å². The first-order valence-corrected chi connectivity index (χ1v) is 9.75. The average molecular weight is 332 g/mol. The predicted molar refractivity (Wildman–Crippen MR) is 84.5 cm³/mol. The van der Waals surface area contributed by atoms with Gasteiger partial charge in [-0.3, -0.25) is 0 Å². The van der Waals surface area contributed by atoms with Crippen LogP contribution in [0, 0.1) is 5.82 Å². The molecule has 0 radical (unpaired) electrons. The quantitative estimate of drug-likeness (QED) is 0.792. The highest BCUT2D eigenvalue weighted by molar-refractivity contribution is 7.98. The van der Waals surface area contributed by atoms with Crippen LogP contribution in [0.25, 0.3) is 0 Å². The van der Waals surface area contributed by atoms with Gasteiger partial charge < -0.3 is 5.32 Å². The molecule has 0 amide bonds. The number of hydrogen-bond acceptors (Lipinski definition) is 4. The molecular formula is C14H21FN2O2S2. The van der Waals surface area contributed by atoms with Crippen molar-refractivity contribution in [2.24, 2.45) is 0 Å². The van der Waals surface area contributed by atoms with E-state index < -0.39 is 10.0 Å². The summed E-state index contributed by atoms with van der Waals surface area (Å²) in [5, 5.41) is 3.20. The van der Waals surface area contributed by atoms with Crippen molar-refractivity contribution >= 4 is 21.8 Å². The van der Waals surface area contributed by atoms with Crippen molar-refractivity contribution in [2.75, 3.05) is 25.6 Å². The fourth-order valence-electron chi connectivity index (χ4n) is 1.91. The summed E-state index contributed by atoms with van der Waals surface area (Å²) in [6.45, 7) is 0.810. The third-order valence-corrected chi connectivity index (χ3v) is 5.94. The average Bonchev–Trinajstić information content (AvgIpc) is 3.27. The minimum Gasteiger partial charge on any atom is -0.310 e. The highest BCUT2D eigenvalue weighted by Crippen LogP contribution is 2.22. The molecule has 2 rings (SSSR count). The van der Waals surface area contributed by atoms with Gasteiger partial charge in [0.15, 0.2) is 0 Å². The molecule has 0 aromatic heterocycles. The minimum absolute atomic E-state index is 0.153. The van der Waals surface area contributed by atoms with Gasteiger partial charge >= 0.3 is 0 Å². The smallest absolute Gasteiger partial charge is 0.242 e. The van der Waals surface area contributed by atoms with Gasteiger partial charge in [0.2, 0.25) is 10.0 Å². The van der Waals surface area contributed by atoms with E-state index in [9.17, 15) is 12.8 Å². The van der Waals surface area contributed by atoms with Gasteiger partial charge in [0.1, 0.15) is 5.82 Å². The number of nitrogens with one attached hydrogen (secondary N) is 1. The van der Waals surface area contributed by atoms with Gasteiger partial charge in [0, 0.05) is 37.5 Å². The number of thioether (sulfide) groups is 1. The van der Waals surface area contributed by atoms with Gasteiger partial charge in [-0.2, -0.15) is 11.8 Å². The molecule has 1 aliphatic rings. The van der Waals surface area contributed by atoms with Gasteiger partial charge in [-0.1, -0.05) is 0 Å². The molecule has 1 fully saturated rings. The van der Waals surface area contributed by atoms with E-state index >= 15 is 0 Å². The summed E-state index contributed by atoms with van der Waals surface area (Å²) in [6, 6.07) is 4.46. The van der Waals surface area contributed by atoms with Crippen LogP contribution in [-0.4, -0.2) is 44.4 Å². The fraction of sp³-hybridized carbons (Fsp3) is 0.571. The van der Waals surface area contributed by atoms with E-state index in [4.69, 9.17) is 0 Å². The van der Waals surface area contributed by atoms with Gasteiger partial charge in [-0.15, -0.1) is 0 Å². The highest BCUT2D eigenvalue weighted by Gasteiger charge is 2.23. The molecule has 1 aromatic carbocycles. The maximum Gasteiger partial charge on any atom is 0.242 e. The van der Waals surface area contributed by atoms with E-state index in [1.54, 1.807) is 18.8 Å². The molecule has 0 atom stereocenters. The first-order valence-electron chi connectivity index (χ1n) is 6.92. The maximum absolute atomic E-state index is 13.8. The van der Waals surface area contributed by atoms with Crippen LogP contribution < -0.4 is 5.32 Å². The minimum atomic E-state index is -3.55. The van der Waals surface area contributed by atoms with Crippen molar-refractivity contribution < 1.29 is 12.8 Å². The lowest BCUT2D eigenvalue weighted by Crippen LogP contribution is -2.29. The number of sulfonamides is 1. The molecule has 0 aliphatic heterocycles. The topological polar surface area (TPSA) is 49.4 Å². The Morgan fingerprint density at radius 2 is 2.14 bits per heavy atom. The molecule has 0 bridgehead atoms. The van der Waals surface area contributed by atoms with Gasteiger partial charge in [-0.25, -0.2) is 17.1 Å². The van der Waals surface area contributed by atoms with Crippen LogP contribution in [0.4, 0.5) is 4.39 Å². The fourth-order valence-corrected chi connectivity index (χ4v) is 3.70. The largest absolute Gasteiger partial charge is 0.310 e. The Hall–Kier alpha value is -0.630. The Balaban J connectivity index is 2.15. The number of rotatable bonds is 8. The van der Waals surface area contributed by atoms with Crippen molar-refractivity contribution in [1.82, 2.24) is 9.62 Å². The van der Waals surface area contributed by atoms with Crippen molar-refractivity contribution in [2.45, 2.75) is 30.3 Å². The van der Waals surface area contributed by atoms with E-state index in [0.717, 1.165) is 18.6 Å². The third kappa shape index (κ3) is 4.42. The Morgan fingerprint density at radius 1 is 1.43 bits per heavy atom. The molecule has 0 saturated heterocycles. The van der Waals surface area contributed by atoms with E-state index in [2.05, 4.69) is 5.32 Å². The van der Waals surface area contributed by atoms with Crippen LogP contribution in [0.3, 0.4) is 0 Å². The molecule has 21 heavy (non-hydrogen) atoms. The van der Waals surface area contributed by atoms with Gasteiger partial charge in [0.05, 0.1) is 4.90 Å². The summed E-state index contributed by atoms with van der Waals surface area (Å²) in [5.41, 5.74) is 0.404. The second kappa shape index (κ2) is 7.09. The number of halogens is 1. The molecule has 0 heterocycles. The van der Waals surface area contributed by atoms with Gasteiger partial charge in [-0.05, 0) is 37.3 Å². The van der Waals surface area contributed by atoms with E-state index in [0.29, 0.717) is 24.7 Å². The summed E-state index contributed by atoms with van der Waals surface area (Å²) in [4.78, 5) is 0.153. The summed E-state index contributed by atoms with van der Waals surface area (Å²) in [5.74, 6) is 0.362. The molecule has 0 unspecified atom stereocenters. The zero-order valence-corrected chi connectivity index (χ0v) is 13.9. The van der Waals surface area contributed by atoms with Crippen LogP contribution >= 0.6 is 11.8 Å². The van der Waals surface area contributed by atoms with E-state index in [-0.39, 0.29) is 10.7 Å². The van der Waals surface area contributed by atoms with Crippen molar-refractivity contribution in [3.8, 4) is 0 Å². The lowest BCUT2D eigenvalue weighted by molar-refractivity contribution is 0.488. The zero-order chi connectivity index (χ0) is 15.5. The third-order valence-electron chi connectivity index (χ3n) is 3.49.